The second-order valence-electron chi connectivity index (χ2n) is 7.77. The Morgan fingerprint density at radius 3 is 2.76 bits per heavy atom. The summed E-state index contributed by atoms with van der Waals surface area (Å²) in [6, 6.07) is 0. The number of ether oxygens (including phenoxy) is 3. The van der Waals surface area contributed by atoms with Crippen LogP contribution < -0.4 is 0 Å². The molecule has 2 bridgehead atoms. The van der Waals surface area contributed by atoms with Gasteiger partial charge in [-0.25, -0.2) is 0 Å². The summed E-state index contributed by atoms with van der Waals surface area (Å²) >= 11 is 0. The van der Waals surface area contributed by atoms with Crippen LogP contribution in [0.2, 0.25) is 0 Å². The summed E-state index contributed by atoms with van der Waals surface area (Å²) in [4.78, 5) is 11.4. The van der Waals surface area contributed by atoms with Gasteiger partial charge in [0, 0.05) is 17.8 Å². The molecule has 6 atom stereocenters. The second-order valence-corrected chi connectivity index (χ2v) is 7.77. The van der Waals surface area contributed by atoms with E-state index in [1.807, 2.05) is 0 Å². The molecule has 4 aliphatic rings. The predicted octanol–water partition coefficient (Wildman–Crippen LogP) is 2.61. The molecule has 0 amide bonds. The highest BCUT2D eigenvalue weighted by Crippen LogP contribution is 2.71. The number of esters is 1. The van der Waals surface area contributed by atoms with Crippen molar-refractivity contribution in [3.8, 4) is 0 Å². The van der Waals surface area contributed by atoms with Crippen molar-refractivity contribution in [1.82, 2.24) is 0 Å². The lowest BCUT2D eigenvalue weighted by Gasteiger charge is -2.56. The van der Waals surface area contributed by atoms with Crippen LogP contribution in [0.15, 0.2) is 11.6 Å². The molecule has 1 spiro atoms. The molecule has 0 aromatic carbocycles. The minimum Gasteiger partial charge on any atom is -0.460 e. The molecule has 3 fully saturated rings. The van der Waals surface area contributed by atoms with E-state index in [9.17, 15) is 4.79 Å². The van der Waals surface area contributed by atoms with Gasteiger partial charge in [-0.3, -0.25) is 4.79 Å². The molecule has 4 rings (SSSR count). The third-order valence-electron chi connectivity index (χ3n) is 6.77. The SMILES string of the molecule is CC(=O)O[C@@H]1C[C@@]2(C)[C@@]3(C)CCC(C)=C[C@H]3O[C@H]1[C@@]21CO1. The van der Waals surface area contributed by atoms with E-state index >= 15 is 0 Å². The standard InChI is InChI=1S/C17H24O4/c1-10-5-6-15(3)13(7-10)21-14-12(20-11(2)18)8-16(15,4)17(14)9-19-17/h7,12-14H,5-6,8-9H2,1-4H3/t12-,13-,14-,15+,16+,17+/m1/s1. The number of hydrogen-bond donors (Lipinski definition) is 0. The fraction of sp³-hybridized carbons (Fsp3) is 0.824. The quantitative estimate of drug-likeness (QED) is 0.423. The Hall–Kier alpha value is -0.870. The highest BCUT2D eigenvalue weighted by atomic mass is 16.7. The van der Waals surface area contributed by atoms with Gasteiger partial charge in [-0.2, -0.15) is 0 Å². The average molecular weight is 292 g/mol. The number of fused-ring (bicyclic) bond motifs is 2. The molecule has 0 unspecified atom stereocenters. The smallest absolute Gasteiger partial charge is 0.302 e. The number of epoxide rings is 1. The van der Waals surface area contributed by atoms with Crippen LogP contribution in [0, 0.1) is 10.8 Å². The fourth-order valence-corrected chi connectivity index (χ4v) is 5.15. The first-order chi connectivity index (χ1) is 9.82. The van der Waals surface area contributed by atoms with E-state index in [1.165, 1.54) is 12.5 Å². The predicted molar refractivity (Wildman–Crippen MR) is 76.7 cm³/mol. The van der Waals surface area contributed by atoms with Crippen LogP contribution in [0.3, 0.4) is 0 Å². The zero-order valence-corrected chi connectivity index (χ0v) is 13.3. The molecule has 4 nitrogen and oxygen atoms in total. The molecule has 2 aliphatic carbocycles. The monoisotopic (exact) mass is 292 g/mol. The van der Waals surface area contributed by atoms with Crippen molar-refractivity contribution in [2.45, 2.75) is 70.9 Å². The summed E-state index contributed by atoms with van der Waals surface area (Å²) in [5.74, 6) is -0.226. The molecule has 0 aromatic rings. The van der Waals surface area contributed by atoms with Crippen molar-refractivity contribution in [3.05, 3.63) is 11.6 Å². The third kappa shape index (κ3) is 1.50. The third-order valence-corrected chi connectivity index (χ3v) is 6.77. The van der Waals surface area contributed by atoms with E-state index in [1.54, 1.807) is 0 Å². The highest BCUT2D eigenvalue weighted by Gasteiger charge is 2.80. The Labute approximate surface area is 125 Å². The van der Waals surface area contributed by atoms with Crippen molar-refractivity contribution in [2.75, 3.05) is 6.61 Å². The Kier molecular flexibility index (Phi) is 2.56. The van der Waals surface area contributed by atoms with Gasteiger partial charge in [-0.1, -0.05) is 25.5 Å². The zero-order chi connectivity index (χ0) is 15.0. The van der Waals surface area contributed by atoms with Crippen LogP contribution in [0.5, 0.6) is 0 Å². The van der Waals surface area contributed by atoms with Crippen molar-refractivity contribution in [2.24, 2.45) is 10.8 Å². The fourth-order valence-electron chi connectivity index (χ4n) is 5.15. The van der Waals surface area contributed by atoms with Gasteiger partial charge in [0.05, 0.1) is 12.7 Å². The van der Waals surface area contributed by atoms with Crippen LogP contribution in [0.25, 0.3) is 0 Å². The molecule has 2 aliphatic heterocycles. The first kappa shape index (κ1) is 13.8. The molecule has 4 heteroatoms. The maximum atomic E-state index is 11.4. The van der Waals surface area contributed by atoms with Gasteiger partial charge in [0.1, 0.15) is 17.8 Å². The Morgan fingerprint density at radius 1 is 1.43 bits per heavy atom. The Bertz CT molecular complexity index is 535. The first-order valence-electron chi connectivity index (χ1n) is 7.96. The molecular formula is C17H24O4. The Balaban J connectivity index is 1.78. The lowest BCUT2D eigenvalue weighted by atomic mass is 9.53. The maximum absolute atomic E-state index is 11.4. The molecule has 0 N–H and O–H groups in total. The summed E-state index contributed by atoms with van der Waals surface area (Å²) in [5.41, 5.74) is 1.22. The first-order valence-corrected chi connectivity index (χ1v) is 7.96. The number of rotatable bonds is 1. The summed E-state index contributed by atoms with van der Waals surface area (Å²) in [6.45, 7) is 9.03. The maximum Gasteiger partial charge on any atom is 0.302 e. The van der Waals surface area contributed by atoms with Gasteiger partial charge in [0.25, 0.3) is 0 Å². The van der Waals surface area contributed by atoms with Gasteiger partial charge < -0.3 is 14.2 Å². The van der Waals surface area contributed by atoms with E-state index in [4.69, 9.17) is 14.2 Å². The number of allylic oxidation sites excluding steroid dienone is 1. The van der Waals surface area contributed by atoms with Crippen LogP contribution in [-0.4, -0.2) is 36.5 Å². The molecular weight excluding hydrogens is 268 g/mol. The van der Waals surface area contributed by atoms with Crippen LogP contribution in [-0.2, 0) is 19.0 Å². The molecule has 2 heterocycles. The normalized spacial score (nSPS) is 54.1. The summed E-state index contributed by atoms with van der Waals surface area (Å²) in [6.07, 6.45) is 5.16. The zero-order valence-electron chi connectivity index (χ0n) is 13.3. The summed E-state index contributed by atoms with van der Waals surface area (Å²) in [5, 5.41) is 0. The molecule has 2 saturated heterocycles. The minimum atomic E-state index is -0.239. The van der Waals surface area contributed by atoms with E-state index in [0.29, 0.717) is 0 Å². The van der Waals surface area contributed by atoms with Gasteiger partial charge in [-0.05, 0) is 26.2 Å². The van der Waals surface area contributed by atoms with Gasteiger partial charge in [-0.15, -0.1) is 0 Å². The molecule has 0 radical (unpaired) electrons. The van der Waals surface area contributed by atoms with Crippen molar-refractivity contribution in [1.29, 1.82) is 0 Å². The average Bonchev–Trinajstić information content (AvgIpc) is 3.15. The lowest BCUT2D eigenvalue weighted by molar-refractivity contribution is -0.201. The number of carbonyl (C=O) groups excluding carboxylic acids is 1. The van der Waals surface area contributed by atoms with Gasteiger partial charge >= 0.3 is 5.97 Å². The number of carbonyl (C=O) groups is 1. The van der Waals surface area contributed by atoms with Crippen LogP contribution in [0.4, 0.5) is 0 Å². The topological polar surface area (TPSA) is 48.1 Å². The van der Waals surface area contributed by atoms with Crippen molar-refractivity contribution < 1.29 is 19.0 Å². The lowest BCUT2D eigenvalue weighted by Crippen LogP contribution is -2.61. The summed E-state index contributed by atoms with van der Waals surface area (Å²) < 4.78 is 18.0. The molecule has 21 heavy (non-hydrogen) atoms. The molecule has 1 saturated carbocycles. The van der Waals surface area contributed by atoms with E-state index in [0.717, 1.165) is 25.9 Å². The molecule has 0 aromatic heterocycles. The van der Waals surface area contributed by atoms with Crippen LogP contribution >= 0.6 is 0 Å². The van der Waals surface area contributed by atoms with Gasteiger partial charge in [0.2, 0.25) is 0 Å². The second kappa shape index (κ2) is 3.90. The van der Waals surface area contributed by atoms with Crippen molar-refractivity contribution in [3.63, 3.8) is 0 Å². The van der Waals surface area contributed by atoms with Gasteiger partial charge in [0.15, 0.2) is 0 Å². The van der Waals surface area contributed by atoms with Crippen LogP contribution in [0.1, 0.15) is 47.0 Å². The highest BCUT2D eigenvalue weighted by molar-refractivity contribution is 5.66. The van der Waals surface area contributed by atoms with Crippen molar-refractivity contribution >= 4 is 5.97 Å². The molecule has 116 valence electrons. The Morgan fingerprint density at radius 2 is 2.14 bits per heavy atom. The van der Waals surface area contributed by atoms with E-state index in [-0.39, 0.29) is 40.7 Å². The summed E-state index contributed by atoms with van der Waals surface area (Å²) in [7, 11) is 0. The van der Waals surface area contributed by atoms with E-state index in [2.05, 4.69) is 26.8 Å². The minimum absolute atomic E-state index is 0.00486. The number of hydrogen-bond acceptors (Lipinski definition) is 4. The largest absolute Gasteiger partial charge is 0.460 e. The van der Waals surface area contributed by atoms with E-state index < -0.39 is 0 Å².